The molecular weight excluding hydrogens is 252 g/mol. The maximum atomic E-state index is 12.4. The lowest BCUT2D eigenvalue weighted by molar-refractivity contribution is -0.134. The molecule has 0 radical (unpaired) electrons. The van der Waals surface area contributed by atoms with Crippen LogP contribution in [-0.2, 0) is 17.9 Å². The zero-order valence-electron chi connectivity index (χ0n) is 12.0. The fourth-order valence-electron chi connectivity index (χ4n) is 3.43. The summed E-state index contributed by atoms with van der Waals surface area (Å²) in [6.45, 7) is 3.17. The van der Waals surface area contributed by atoms with Crippen molar-refractivity contribution in [3.8, 4) is 0 Å². The number of hydrogen-bond acceptors (Lipinski definition) is 3. The Balaban J connectivity index is 1.51. The summed E-state index contributed by atoms with van der Waals surface area (Å²) in [5.74, 6) is 2.56. The van der Waals surface area contributed by atoms with Gasteiger partial charge in [-0.15, -0.1) is 0 Å². The molecule has 0 spiro atoms. The molecule has 0 saturated heterocycles. The Labute approximate surface area is 120 Å². The number of nitrogens with two attached hydrogens (primary N) is 1. The van der Waals surface area contributed by atoms with Crippen molar-refractivity contribution >= 4 is 5.91 Å². The van der Waals surface area contributed by atoms with E-state index in [1.807, 2.05) is 17.3 Å². The highest BCUT2D eigenvalue weighted by atomic mass is 16.2. The van der Waals surface area contributed by atoms with Crippen LogP contribution in [0.25, 0.3) is 0 Å². The highest BCUT2D eigenvalue weighted by molar-refractivity contribution is 5.76. The molecule has 20 heavy (non-hydrogen) atoms. The number of hydrogen-bond donors (Lipinski definition) is 1. The Morgan fingerprint density at radius 1 is 1.25 bits per heavy atom. The van der Waals surface area contributed by atoms with Crippen LogP contribution in [0, 0.1) is 11.8 Å². The minimum atomic E-state index is 0.301. The van der Waals surface area contributed by atoms with Crippen LogP contribution in [0.5, 0.6) is 0 Å². The summed E-state index contributed by atoms with van der Waals surface area (Å²) in [5.41, 5.74) is 5.72. The van der Waals surface area contributed by atoms with Crippen molar-refractivity contribution in [1.29, 1.82) is 0 Å². The van der Waals surface area contributed by atoms with Crippen molar-refractivity contribution in [2.45, 2.75) is 45.2 Å². The van der Waals surface area contributed by atoms with Crippen molar-refractivity contribution in [2.24, 2.45) is 17.6 Å². The minimum Gasteiger partial charge on any atom is -0.333 e. The normalized spacial score (nSPS) is 26.4. The number of amides is 1. The molecule has 0 aromatic carbocycles. The molecule has 5 nitrogen and oxygen atoms in total. The third-order valence-electron chi connectivity index (χ3n) is 4.86. The van der Waals surface area contributed by atoms with E-state index in [0.717, 1.165) is 38.3 Å². The summed E-state index contributed by atoms with van der Waals surface area (Å²) >= 11 is 0. The first kappa shape index (κ1) is 13.6. The first-order valence-corrected chi connectivity index (χ1v) is 7.74. The molecule has 1 amide bonds. The second-order valence-corrected chi connectivity index (χ2v) is 6.18. The largest absolute Gasteiger partial charge is 0.333 e. The second kappa shape index (κ2) is 5.95. The molecule has 3 rings (SSSR count). The predicted octanol–water partition coefficient (Wildman–Crippen LogP) is 1.38. The Morgan fingerprint density at radius 3 is 2.75 bits per heavy atom. The lowest BCUT2D eigenvalue weighted by Crippen LogP contribution is -2.39. The highest BCUT2D eigenvalue weighted by Crippen LogP contribution is 2.30. The van der Waals surface area contributed by atoms with E-state index in [4.69, 9.17) is 5.73 Å². The molecule has 1 aliphatic heterocycles. The van der Waals surface area contributed by atoms with Gasteiger partial charge in [-0.1, -0.05) is 0 Å². The first-order chi connectivity index (χ1) is 9.76. The van der Waals surface area contributed by atoms with Gasteiger partial charge in [0.25, 0.3) is 0 Å². The van der Waals surface area contributed by atoms with Gasteiger partial charge in [0.2, 0.25) is 5.91 Å². The van der Waals surface area contributed by atoms with E-state index in [2.05, 4.69) is 9.55 Å². The van der Waals surface area contributed by atoms with Crippen LogP contribution < -0.4 is 5.73 Å². The fourth-order valence-corrected chi connectivity index (χ4v) is 3.43. The molecule has 5 heteroatoms. The Kier molecular flexibility index (Phi) is 4.05. The molecule has 1 aromatic heterocycles. The molecular formula is C15H24N4O. The smallest absolute Gasteiger partial charge is 0.223 e. The van der Waals surface area contributed by atoms with Crippen LogP contribution in [0.2, 0.25) is 0 Å². The maximum Gasteiger partial charge on any atom is 0.223 e. The molecule has 0 unspecified atom stereocenters. The molecule has 1 aliphatic carbocycles. The number of aromatic nitrogens is 2. The lowest BCUT2D eigenvalue weighted by Gasteiger charge is -2.31. The van der Waals surface area contributed by atoms with Gasteiger partial charge >= 0.3 is 0 Å². The van der Waals surface area contributed by atoms with Gasteiger partial charge in [0.1, 0.15) is 5.82 Å². The summed E-state index contributed by atoms with van der Waals surface area (Å²) in [5, 5.41) is 0. The van der Waals surface area contributed by atoms with Gasteiger partial charge in [0, 0.05) is 31.9 Å². The summed E-state index contributed by atoms with van der Waals surface area (Å²) in [4.78, 5) is 18.7. The monoisotopic (exact) mass is 276 g/mol. The standard InChI is InChI=1S/C15H24N4O/c16-10-13-3-1-12(2-4-13)9-15(20)19-8-7-18-6-5-17-14(18)11-19/h5-6,12-13H,1-4,7-11,16H2. The fraction of sp³-hybridized carbons (Fsp3) is 0.733. The van der Waals surface area contributed by atoms with E-state index in [9.17, 15) is 4.79 Å². The van der Waals surface area contributed by atoms with E-state index in [0.29, 0.717) is 30.7 Å². The number of nitrogens with zero attached hydrogens (tertiary/aromatic N) is 3. The third-order valence-corrected chi connectivity index (χ3v) is 4.86. The van der Waals surface area contributed by atoms with Gasteiger partial charge in [-0.05, 0) is 44.1 Å². The number of rotatable bonds is 3. The number of imidazole rings is 1. The van der Waals surface area contributed by atoms with E-state index >= 15 is 0 Å². The highest BCUT2D eigenvalue weighted by Gasteiger charge is 2.26. The van der Waals surface area contributed by atoms with Crippen molar-refractivity contribution < 1.29 is 4.79 Å². The van der Waals surface area contributed by atoms with Crippen LogP contribution in [0.15, 0.2) is 12.4 Å². The summed E-state index contributed by atoms with van der Waals surface area (Å²) < 4.78 is 2.14. The average molecular weight is 276 g/mol. The van der Waals surface area contributed by atoms with Gasteiger partial charge in [0.05, 0.1) is 6.54 Å². The van der Waals surface area contributed by atoms with Gasteiger partial charge in [-0.2, -0.15) is 0 Å². The topological polar surface area (TPSA) is 64.2 Å². The van der Waals surface area contributed by atoms with E-state index in [-0.39, 0.29) is 0 Å². The van der Waals surface area contributed by atoms with Crippen LogP contribution >= 0.6 is 0 Å². The predicted molar refractivity (Wildman–Crippen MR) is 76.8 cm³/mol. The minimum absolute atomic E-state index is 0.301. The van der Waals surface area contributed by atoms with Gasteiger partial charge in [-0.3, -0.25) is 4.79 Å². The van der Waals surface area contributed by atoms with Crippen LogP contribution in [-0.4, -0.2) is 33.4 Å². The van der Waals surface area contributed by atoms with Crippen LogP contribution in [0.1, 0.15) is 37.9 Å². The molecule has 1 aromatic rings. The van der Waals surface area contributed by atoms with Gasteiger partial charge in [-0.25, -0.2) is 4.98 Å². The SMILES string of the molecule is NCC1CCC(CC(=O)N2CCn3ccnc3C2)CC1. The lowest BCUT2D eigenvalue weighted by atomic mass is 9.80. The number of carbonyl (C=O) groups excluding carboxylic acids is 1. The number of fused-ring (bicyclic) bond motifs is 1. The Hall–Kier alpha value is -1.36. The van der Waals surface area contributed by atoms with Crippen LogP contribution in [0.4, 0.5) is 0 Å². The molecule has 2 aliphatic rings. The zero-order chi connectivity index (χ0) is 13.9. The average Bonchev–Trinajstić information content (AvgIpc) is 2.95. The Morgan fingerprint density at radius 2 is 2.00 bits per heavy atom. The maximum absolute atomic E-state index is 12.4. The summed E-state index contributed by atoms with van der Waals surface area (Å²) in [6, 6.07) is 0. The second-order valence-electron chi connectivity index (χ2n) is 6.18. The quantitative estimate of drug-likeness (QED) is 0.907. The number of carbonyl (C=O) groups is 1. The van der Waals surface area contributed by atoms with Crippen molar-refractivity contribution in [3.63, 3.8) is 0 Å². The molecule has 110 valence electrons. The van der Waals surface area contributed by atoms with Crippen molar-refractivity contribution in [3.05, 3.63) is 18.2 Å². The van der Waals surface area contributed by atoms with E-state index < -0.39 is 0 Å². The van der Waals surface area contributed by atoms with E-state index in [1.54, 1.807) is 0 Å². The van der Waals surface area contributed by atoms with Crippen molar-refractivity contribution in [1.82, 2.24) is 14.5 Å². The molecule has 0 bridgehead atoms. The van der Waals surface area contributed by atoms with Gasteiger partial charge in [0.15, 0.2) is 0 Å². The molecule has 1 saturated carbocycles. The van der Waals surface area contributed by atoms with Gasteiger partial charge < -0.3 is 15.2 Å². The Bertz CT molecular complexity index is 462. The van der Waals surface area contributed by atoms with E-state index in [1.165, 1.54) is 12.8 Å². The molecule has 0 atom stereocenters. The molecule has 1 fully saturated rings. The first-order valence-electron chi connectivity index (χ1n) is 7.74. The zero-order valence-corrected chi connectivity index (χ0v) is 12.0. The van der Waals surface area contributed by atoms with Crippen molar-refractivity contribution in [2.75, 3.05) is 13.1 Å². The molecule has 2 N–H and O–H groups in total. The molecule has 2 heterocycles. The summed E-state index contributed by atoms with van der Waals surface area (Å²) in [6.07, 6.45) is 9.23. The van der Waals surface area contributed by atoms with Crippen LogP contribution in [0.3, 0.4) is 0 Å². The summed E-state index contributed by atoms with van der Waals surface area (Å²) in [7, 11) is 0. The third kappa shape index (κ3) is 2.87.